The highest BCUT2D eigenvalue weighted by molar-refractivity contribution is 7.99. The van der Waals surface area contributed by atoms with Crippen molar-refractivity contribution in [3.63, 3.8) is 0 Å². The molecule has 0 radical (unpaired) electrons. The molecule has 2 aliphatic rings. The second-order valence-corrected chi connectivity index (χ2v) is 7.29. The zero-order chi connectivity index (χ0) is 16.3. The van der Waals surface area contributed by atoms with Crippen LogP contribution in [0.2, 0.25) is 0 Å². The summed E-state index contributed by atoms with van der Waals surface area (Å²) in [5, 5.41) is 18.0. The molecule has 0 bridgehead atoms. The quantitative estimate of drug-likeness (QED) is 0.607. The lowest BCUT2D eigenvalue weighted by Crippen LogP contribution is -2.52. The van der Waals surface area contributed by atoms with E-state index >= 15 is 0 Å². The minimum Gasteiger partial charge on any atom is -0.387 e. The molecule has 0 aromatic carbocycles. The van der Waals surface area contributed by atoms with Gasteiger partial charge >= 0.3 is 0 Å². The molecule has 1 aromatic heterocycles. The van der Waals surface area contributed by atoms with E-state index < -0.39 is 5.60 Å². The third kappa shape index (κ3) is 3.99. The molecule has 2 N–H and O–H groups in total. The summed E-state index contributed by atoms with van der Waals surface area (Å²) >= 11 is 1.80. The summed E-state index contributed by atoms with van der Waals surface area (Å²) in [6.07, 6.45) is 4.68. The van der Waals surface area contributed by atoms with Crippen molar-refractivity contribution < 1.29 is 9.84 Å². The minimum absolute atomic E-state index is 0.00104. The number of hydrogen-bond donors (Lipinski definition) is 2. The van der Waals surface area contributed by atoms with Crippen molar-refractivity contribution in [2.75, 3.05) is 44.8 Å². The van der Waals surface area contributed by atoms with E-state index in [0.29, 0.717) is 13.2 Å². The molecular weight excluding hydrogens is 314 g/mol. The first-order chi connectivity index (χ1) is 11.1. The first-order valence-corrected chi connectivity index (χ1v) is 9.11. The Balaban J connectivity index is 1.59. The van der Waals surface area contributed by atoms with Gasteiger partial charge in [-0.05, 0) is 12.2 Å². The molecule has 3 rings (SSSR count). The fraction of sp³-hybridized carbons (Fsp3) is 0.733. The van der Waals surface area contributed by atoms with Crippen LogP contribution in [0.3, 0.4) is 0 Å². The van der Waals surface area contributed by atoms with Crippen molar-refractivity contribution >= 4 is 17.7 Å². The van der Waals surface area contributed by atoms with Gasteiger partial charge in [0.2, 0.25) is 0 Å². The van der Waals surface area contributed by atoms with Crippen molar-refractivity contribution in [3.8, 4) is 0 Å². The third-order valence-electron chi connectivity index (χ3n) is 4.33. The molecule has 0 saturated carbocycles. The van der Waals surface area contributed by atoms with Gasteiger partial charge in [-0.25, -0.2) is 0 Å². The summed E-state index contributed by atoms with van der Waals surface area (Å²) < 4.78 is 7.66. The topological polar surface area (TPSA) is 74.9 Å². The maximum absolute atomic E-state index is 10.5. The van der Waals surface area contributed by atoms with Gasteiger partial charge < -0.3 is 20.1 Å². The molecule has 2 aliphatic heterocycles. The number of thioether (sulfide) groups is 1. The van der Waals surface area contributed by atoms with Crippen LogP contribution >= 0.6 is 11.8 Å². The van der Waals surface area contributed by atoms with Gasteiger partial charge in [0.05, 0.1) is 24.9 Å². The van der Waals surface area contributed by atoms with Gasteiger partial charge in [0.15, 0.2) is 5.96 Å². The lowest BCUT2D eigenvalue weighted by molar-refractivity contribution is -0.00864. The van der Waals surface area contributed by atoms with Crippen LogP contribution in [-0.2, 0) is 11.8 Å². The second-order valence-electron chi connectivity index (χ2n) is 6.18. The zero-order valence-electron chi connectivity index (χ0n) is 13.7. The number of morpholine rings is 1. The van der Waals surface area contributed by atoms with E-state index in [-0.39, 0.29) is 6.10 Å². The molecule has 2 atom stereocenters. The highest BCUT2D eigenvalue weighted by atomic mass is 32.2. The number of hydrogen-bond acceptors (Lipinski definition) is 5. The van der Waals surface area contributed by atoms with E-state index in [1.54, 1.807) is 23.5 Å². The van der Waals surface area contributed by atoms with Crippen molar-refractivity contribution in [1.82, 2.24) is 20.0 Å². The van der Waals surface area contributed by atoms with Crippen LogP contribution in [0.15, 0.2) is 17.4 Å². The van der Waals surface area contributed by atoms with Gasteiger partial charge in [-0.1, -0.05) is 0 Å². The van der Waals surface area contributed by atoms with Gasteiger partial charge in [-0.2, -0.15) is 16.9 Å². The number of ether oxygens (including phenoxy) is 1. The van der Waals surface area contributed by atoms with Crippen LogP contribution in [-0.4, -0.2) is 76.1 Å². The molecule has 7 nitrogen and oxygen atoms in total. The molecular formula is C15H25N5O2S. The summed E-state index contributed by atoms with van der Waals surface area (Å²) in [5.74, 6) is 2.64. The Kier molecular flexibility index (Phi) is 5.13. The highest BCUT2D eigenvalue weighted by Crippen LogP contribution is 2.27. The summed E-state index contributed by atoms with van der Waals surface area (Å²) in [6, 6.07) is 0. The van der Waals surface area contributed by atoms with Crippen molar-refractivity contribution in [1.29, 1.82) is 0 Å². The van der Waals surface area contributed by atoms with E-state index in [2.05, 4.69) is 20.3 Å². The van der Waals surface area contributed by atoms with E-state index in [1.807, 2.05) is 19.4 Å². The van der Waals surface area contributed by atoms with Gasteiger partial charge in [0.1, 0.15) is 6.10 Å². The Morgan fingerprint density at radius 2 is 2.52 bits per heavy atom. The third-order valence-corrected chi connectivity index (χ3v) is 5.57. The normalized spacial score (nSPS) is 29.1. The summed E-state index contributed by atoms with van der Waals surface area (Å²) in [7, 11) is 3.69. The maximum Gasteiger partial charge on any atom is 0.193 e. The number of aliphatic imine (C=N–C) groups is 1. The zero-order valence-corrected chi connectivity index (χ0v) is 14.6. The van der Waals surface area contributed by atoms with Gasteiger partial charge in [0, 0.05) is 44.7 Å². The molecule has 0 spiro atoms. The molecule has 3 heterocycles. The number of aromatic nitrogens is 2. The van der Waals surface area contributed by atoms with Crippen LogP contribution in [0.25, 0.3) is 0 Å². The average molecular weight is 339 g/mol. The molecule has 0 aliphatic carbocycles. The molecule has 0 amide bonds. The molecule has 2 fully saturated rings. The highest BCUT2D eigenvalue weighted by Gasteiger charge is 2.33. The Labute approximate surface area is 141 Å². The molecule has 2 unspecified atom stereocenters. The van der Waals surface area contributed by atoms with Crippen molar-refractivity contribution in [2.24, 2.45) is 12.0 Å². The number of guanidine groups is 1. The Hall–Kier alpha value is -1.25. The van der Waals surface area contributed by atoms with Gasteiger partial charge in [-0.3, -0.25) is 9.67 Å². The van der Waals surface area contributed by atoms with Crippen molar-refractivity contribution in [2.45, 2.75) is 18.1 Å². The van der Waals surface area contributed by atoms with Crippen LogP contribution in [0.4, 0.5) is 0 Å². The fourth-order valence-corrected chi connectivity index (χ4v) is 4.26. The molecule has 128 valence electrons. The Morgan fingerprint density at radius 1 is 1.65 bits per heavy atom. The summed E-state index contributed by atoms with van der Waals surface area (Å²) in [4.78, 5) is 6.56. The van der Waals surface area contributed by atoms with Crippen LogP contribution in [0, 0.1) is 0 Å². The SMILES string of the molecule is CN=C(NCC1(O)CCSC1)N1CCOC(c2cnn(C)c2)C1. The first kappa shape index (κ1) is 16.6. The lowest BCUT2D eigenvalue weighted by atomic mass is 10.0. The maximum atomic E-state index is 10.5. The molecule has 1 aromatic rings. The van der Waals surface area contributed by atoms with Crippen LogP contribution in [0.1, 0.15) is 18.1 Å². The van der Waals surface area contributed by atoms with Crippen molar-refractivity contribution in [3.05, 3.63) is 18.0 Å². The molecule has 2 saturated heterocycles. The van der Waals surface area contributed by atoms with Gasteiger partial charge in [0.25, 0.3) is 0 Å². The Morgan fingerprint density at radius 3 is 3.17 bits per heavy atom. The molecule has 8 heteroatoms. The van der Waals surface area contributed by atoms with E-state index in [0.717, 1.165) is 42.5 Å². The monoisotopic (exact) mass is 339 g/mol. The average Bonchev–Trinajstić information content (AvgIpc) is 3.17. The predicted octanol–water partition coefficient (Wildman–Crippen LogP) is 0.237. The van der Waals surface area contributed by atoms with Gasteiger partial charge in [-0.15, -0.1) is 0 Å². The number of nitrogens with zero attached hydrogens (tertiary/aromatic N) is 4. The standard InChI is InChI=1S/C15H25N5O2S/c1-16-14(17-10-15(21)3-6-23-11-15)20-4-5-22-13(9-20)12-7-18-19(2)8-12/h7-8,13,21H,3-6,9-11H2,1-2H3,(H,16,17). The van der Waals surface area contributed by atoms with Crippen LogP contribution in [0.5, 0.6) is 0 Å². The predicted molar refractivity (Wildman–Crippen MR) is 91.7 cm³/mol. The fourth-order valence-electron chi connectivity index (χ4n) is 2.96. The number of aryl methyl sites for hydroxylation is 1. The van der Waals surface area contributed by atoms with Crippen LogP contribution < -0.4 is 5.32 Å². The summed E-state index contributed by atoms with van der Waals surface area (Å²) in [5.41, 5.74) is 0.466. The smallest absolute Gasteiger partial charge is 0.193 e. The Bertz CT molecular complexity index is 556. The van der Waals surface area contributed by atoms with E-state index in [4.69, 9.17) is 4.74 Å². The lowest BCUT2D eigenvalue weighted by Gasteiger charge is -2.35. The van der Waals surface area contributed by atoms with E-state index in [1.165, 1.54) is 0 Å². The summed E-state index contributed by atoms with van der Waals surface area (Å²) in [6.45, 7) is 2.73. The van der Waals surface area contributed by atoms with E-state index in [9.17, 15) is 5.11 Å². The largest absolute Gasteiger partial charge is 0.387 e. The number of rotatable bonds is 3. The number of aliphatic hydroxyl groups is 1. The first-order valence-electron chi connectivity index (χ1n) is 7.95. The second kappa shape index (κ2) is 7.11. The number of nitrogens with one attached hydrogen (secondary N) is 1. The minimum atomic E-state index is -0.615. The molecule has 23 heavy (non-hydrogen) atoms.